The summed E-state index contributed by atoms with van der Waals surface area (Å²) in [6.45, 7) is 12.6. The Kier molecular flexibility index (Phi) is 9.10. The maximum Gasteiger partial charge on any atom is 0.340 e. The molecule has 1 aliphatic carbocycles. The second-order valence-corrected chi connectivity index (χ2v) is 19.0. The Labute approximate surface area is 372 Å². The number of hydrogen-bond acceptors (Lipinski definition) is 8. The van der Waals surface area contributed by atoms with Crippen LogP contribution in [0.15, 0.2) is 77.1 Å². The average molecular weight is 882 g/mol. The number of amides is 1. The minimum absolute atomic E-state index is 0.0373. The number of ether oxygens (including phenoxy) is 1. The van der Waals surface area contributed by atoms with Crippen molar-refractivity contribution in [1.82, 2.24) is 38.2 Å². The Hall–Kier alpha value is -6.68. The number of carbonyl (C=O) groups excluding carboxylic acids is 2. The van der Waals surface area contributed by atoms with E-state index >= 15 is 13.6 Å². The SMILES string of the molecule is Cc1cc(-n2nc3c(c2-n2ccn(-c4ccc5c(cnn5C)c4F)c2=O)[C@H](C)N(C(=O)c2cc4cc(C5CCOC(C)(C)C5)ccc4n2[C@@]2(C4=NOC(=O)C4)C[C@@H]2C)CC3)cc(C)c1F. The monoisotopic (exact) mass is 881 g/mol. The predicted molar refractivity (Wildman–Crippen MR) is 239 cm³/mol. The van der Waals surface area contributed by atoms with Crippen molar-refractivity contribution in [3.05, 3.63) is 123 Å². The lowest BCUT2D eigenvalue weighted by atomic mass is 9.83. The number of carbonyl (C=O) groups is 2. The van der Waals surface area contributed by atoms with E-state index in [4.69, 9.17) is 14.7 Å². The molecule has 1 unspecified atom stereocenters. The molecule has 7 aromatic rings. The van der Waals surface area contributed by atoms with Gasteiger partial charge in [0.05, 0.1) is 63.5 Å². The van der Waals surface area contributed by atoms with Gasteiger partial charge in [-0.05, 0) is 125 Å². The van der Waals surface area contributed by atoms with Crippen LogP contribution in [-0.2, 0) is 33.4 Å². The molecule has 0 spiro atoms. The second-order valence-electron chi connectivity index (χ2n) is 19.0. The highest BCUT2D eigenvalue weighted by atomic mass is 19.1. The van der Waals surface area contributed by atoms with Gasteiger partial charge in [0.25, 0.3) is 5.91 Å². The highest BCUT2D eigenvalue weighted by Crippen LogP contribution is 2.55. The lowest BCUT2D eigenvalue weighted by molar-refractivity contribution is -0.140. The van der Waals surface area contributed by atoms with Crippen molar-refractivity contribution in [3.8, 4) is 17.2 Å². The summed E-state index contributed by atoms with van der Waals surface area (Å²) in [4.78, 5) is 49.8. The molecule has 16 heteroatoms. The largest absolute Gasteiger partial charge is 0.376 e. The number of hydrogen-bond donors (Lipinski definition) is 0. The fourth-order valence-corrected chi connectivity index (χ4v) is 11.0. The average Bonchev–Trinajstić information content (AvgIpc) is 3.90. The van der Waals surface area contributed by atoms with Gasteiger partial charge in [-0.25, -0.2) is 23.1 Å². The number of nitrogens with zero attached hydrogens (tertiary/aromatic N) is 9. The van der Waals surface area contributed by atoms with Crippen LogP contribution in [0.5, 0.6) is 0 Å². The second kappa shape index (κ2) is 14.4. The van der Waals surface area contributed by atoms with E-state index in [1.807, 2.05) is 17.9 Å². The first-order valence-electron chi connectivity index (χ1n) is 22.2. The number of fused-ring (bicyclic) bond motifs is 3. The standard InChI is InChI=1S/C49H49F2N9O5/c1-26-18-33(19-27(2)43(26)50)60-45(58-16-15-57(47(58)63)38-11-10-37-34(44(38)51)25-52-55(37)7)42-29(4)56(14-12-35(42)53-60)46(62)39-21-32-20-30(31-13-17-64-48(5,6)24-31)8-9-36(32)59(39)49(23-28(49)3)40-22-41(61)65-54-40/h8-11,15-16,18-21,25,28-29,31H,12-14,17,22-24H2,1-7H3/t28-,29-,31?,49-/m0/s1. The molecule has 3 aliphatic heterocycles. The van der Waals surface area contributed by atoms with Crippen molar-refractivity contribution in [2.75, 3.05) is 13.2 Å². The summed E-state index contributed by atoms with van der Waals surface area (Å²) in [5, 5.41) is 14.7. The minimum atomic E-state index is -0.746. The smallest absolute Gasteiger partial charge is 0.340 e. The first-order chi connectivity index (χ1) is 31.1. The molecule has 65 heavy (non-hydrogen) atoms. The highest BCUT2D eigenvalue weighted by Gasteiger charge is 2.60. The summed E-state index contributed by atoms with van der Waals surface area (Å²) in [6, 6.07) is 14.4. The molecular weight excluding hydrogens is 833 g/mol. The van der Waals surface area contributed by atoms with Crippen molar-refractivity contribution >= 4 is 39.4 Å². The first kappa shape index (κ1) is 41.1. The molecule has 1 saturated heterocycles. The van der Waals surface area contributed by atoms with Crippen LogP contribution < -0.4 is 5.69 Å². The third kappa shape index (κ3) is 6.19. The van der Waals surface area contributed by atoms with Crippen LogP contribution in [-0.4, -0.2) is 74.5 Å². The van der Waals surface area contributed by atoms with Gasteiger partial charge in [-0.1, -0.05) is 18.1 Å². The van der Waals surface area contributed by atoms with Crippen molar-refractivity contribution in [3.63, 3.8) is 0 Å². The molecule has 1 saturated carbocycles. The molecule has 4 aromatic heterocycles. The number of halogens is 2. The van der Waals surface area contributed by atoms with Gasteiger partial charge in [0.1, 0.15) is 17.3 Å². The van der Waals surface area contributed by atoms with Crippen molar-refractivity contribution in [2.45, 2.75) is 96.7 Å². The molecule has 4 aliphatic rings. The summed E-state index contributed by atoms with van der Waals surface area (Å²) < 4.78 is 45.3. The summed E-state index contributed by atoms with van der Waals surface area (Å²) in [7, 11) is 1.72. The van der Waals surface area contributed by atoms with E-state index in [1.54, 1.807) is 60.7 Å². The van der Waals surface area contributed by atoms with E-state index < -0.39 is 29.1 Å². The molecule has 2 fully saturated rings. The Morgan fingerprint density at radius 2 is 1.66 bits per heavy atom. The number of benzene rings is 3. The minimum Gasteiger partial charge on any atom is -0.376 e. The Morgan fingerprint density at radius 1 is 0.923 bits per heavy atom. The zero-order valence-corrected chi connectivity index (χ0v) is 37.4. The van der Waals surface area contributed by atoms with Crippen LogP contribution in [0.2, 0.25) is 0 Å². The number of aryl methyl sites for hydroxylation is 3. The van der Waals surface area contributed by atoms with Crippen LogP contribution in [0.3, 0.4) is 0 Å². The molecule has 0 radical (unpaired) electrons. The predicted octanol–water partition coefficient (Wildman–Crippen LogP) is 8.02. The van der Waals surface area contributed by atoms with Crippen LogP contribution in [0.1, 0.15) is 104 Å². The Bertz CT molecular complexity index is 3250. The van der Waals surface area contributed by atoms with Crippen molar-refractivity contribution in [2.24, 2.45) is 18.1 Å². The third-order valence-electron chi connectivity index (χ3n) is 14.4. The molecule has 1 amide bonds. The zero-order chi connectivity index (χ0) is 45.4. The van der Waals surface area contributed by atoms with E-state index in [2.05, 4.69) is 53.8 Å². The molecule has 334 valence electrons. The van der Waals surface area contributed by atoms with E-state index in [0.29, 0.717) is 76.8 Å². The molecule has 14 nitrogen and oxygen atoms in total. The van der Waals surface area contributed by atoms with E-state index in [0.717, 1.165) is 23.7 Å². The lowest BCUT2D eigenvalue weighted by Crippen LogP contribution is -2.42. The Morgan fingerprint density at radius 3 is 2.37 bits per heavy atom. The van der Waals surface area contributed by atoms with Gasteiger partial charge in [-0.2, -0.15) is 10.2 Å². The molecule has 0 N–H and O–H groups in total. The van der Waals surface area contributed by atoms with Crippen LogP contribution in [0, 0.1) is 31.4 Å². The van der Waals surface area contributed by atoms with Crippen LogP contribution >= 0.6 is 0 Å². The molecule has 11 rings (SSSR count). The van der Waals surface area contributed by atoms with Crippen LogP contribution in [0.4, 0.5) is 8.78 Å². The van der Waals surface area contributed by atoms with E-state index in [1.165, 1.54) is 27.1 Å². The lowest BCUT2D eigenvalue weighted by Gasteiger charge is -2.35. The van der Waals surface area contributed by atoms with Gasteiger partial charge in [-0.3, -0.25) is 18.6 Å². The van der Waals surface area contributed by atoms with Crippen molar-refractivity contribution in [1.29, 1.82) is 0 Å². The topological polar surface area (TPSA) is 136 Å². The summed E-state index contributed by atoms with van der Waals surface area (Å²) in [6.07, 6.45) is 7.32. The normalized spacial score (nSPS) is 22.7. The molecule has 3 aromatic carbocycles. The molecule has 4 atom stereocenters. The quantitative estimate of drug-likeness (QED) is 0.148. The summed E-state index contributed by atoms with van der Waals surface area (Å²) >= 11 is 0. The van der Waals surface area contributed by atoms with E-state index in [-0.39, 0.29) is 46.7 Å². The van der Waals surface area contributed by atoms with Gasteiger partial charge in [0.15, 0.2) is 5.82 Å². The highest BCUT2D eigenvalue weighted by molar-refractivity contribution is 6.10. The Balaban J connectivity index is 1.05. The zero-order valence-electron chi connectivity index (χ0n) is 37.4. The third-order valence-corrected chi connectivity index (χ3v) is 14.4. The van der Waals surface area contributed by atoms with Gasteiger partial charge in [0, 0.05) is 55.5 Å². The maximum atomic E-state index is 16.1. The summed E-state index contributed by atoms with van der Waals surface area (Å²) in [5.74, 6) is -0.903. The number of rotatable bonds is 7. The van der Waals surface area contributed by atoms with Gasteiger partial charge in [-0.15, -0.1) is 0 Å². The number of imidazole rings is 1. The summed E-state index contributed by atoms with van der Waals surface area (Å²) in [5.41, 5.74) is 4.79. The van der Waals surface area contributed by atoms with Gasteiger partial charge < -0.3 is 19.0 Å². The van der Waals surface area contributed by atoms with Gasteiger partial charge >= 0.3 is 11.7 Å². The maximum absolute atomic E-state index is 16.1. The van der Waals surface area contributed by atoms with E-state index in [9.17, 15) is 9.59 Å². The first-order valence-corrected chi connectivity index (χ1v) is 22.2. The van der Waals surface area contributed by atoms with Crippen molar-refractivity contribution < 1.29 is 27.9 Å². The number of oxime groups is 1. The van der Waals surface area contributed by atoms with Gasteiger partial charge in [0.2, 0.25) is 0 Å². The van der Waals surface area contributed by atoms with Crippen LogP contribution in [0.25, 0.3) is 39.0 Å². The fraction of sp³-hybridized carbons (Fsp3) is 0.388. The molecular formula is C49H49F2N9O5. The molecule has 0 bridgehead atoms. The fourth-order valence-electron chi connectivity index (χ4n) is 11.0. The number of aromatic nitrogens is 7. The molecule has 7 heterocycles.